The van der Waals surface area contributed by atoms with Crippen molar-refractivity contribution < 1.29 is 20.1 Å². The molecule has 4 atom stereocenters. The van der Waals surface area contributed by atoms with E-state index in [4.69, 9.17) is 4.74 Å². The molecule has 0 unspecified atom stereocenters. The van der Waals surface area contributed by atoms with Gasteiger partial charge in [0.1, 0.15) is 0 Å². The number of hydrogen-bond acceptors (Lipinski definition) is 7. The van der Waals surface area contributed by atoms with Crippen molar-refractivity contribution in [3.63, 3.8) is 0 Å². The summed E-state index contributed by atoms with van der Waals surface area (Å²) in [4.78, 5) is 8.49. The molecule has 0 radical (unpaired) electrons. The molecule has 3 rings (SSSR count). The van der Waals surface area contributed by atoms with E-state index < -0.39 is 31.1 Å². The molecule has 24 heavy (non-hydrogen) atoms. The van der Waals surface area contributed by atoms with Crippen molar-refractivity contribution in [1.29, 1.82) is 5.26 Å². The van der Waals surface area contributed by atoms with E-state index in [1.807, 2.05) is 0 Å². The molecule has 1 aliphatic rings. The maximum atomic E-state index is 10.2. The first-order chi connectivity index (χ1) is 11.6. The molecule has 126 valence electrons. The maximum absolute atomic E-state index is 10.2. The SMILES string of the molecule is C=CC[Se]c1ncnc2c1c(C#N)cn2[C@@H]1O[C@H](CO)[C@@H](O)[C@H]1O. The number of aliphatic hydroxyl groups excluding tert-OH is 3. The topological polar surface area (TPSA) is 124 Å². The van der Waals surface area contributed by atoms with E-state index in [1.54, 1.807) is 6.08 Å². The van der Waals surface area contributed by atoms with Gasteiger partial charge >= 0.3 is 144 Å². The zero-order chi connectivity index (χ0) is 17.3. The van der Waals surface area contributed by atoms with Crippen molar-refractivity contribution in [1.82, 2.24) is 14.5 Å². The molecule has 1 aliphatic heterocycles. The molecule has 0 aromatic carbocycles. The number of rotatable bonds is 5. The Labute approximate surface area is 144 Å². The zero-order valence-electron chi connectivity index (χ0n) is 12.6. The van der Waals surface area contributed by atoms with E-state index >= 15 is 0 Å². The van der Waals surface area contributed by atoms with E-state index in [-0.39, 0.29) is 15.0 Å². The van der Waals surface area contributed by atoms with E-state index in [9.17, 15) is 20.6 Å². The summed E-state index contributed by atoms with van der Waals surface area (Å²) in [7, 11) is 0. The van der Waals surface area contributed by atoms with Crippen LogP contribution in [0.3, 0.4) is 0 Å². The summed E-state index contributed by atoms with van der Waals surface area (Å²) in [5, 5.41) is 40.2. The molecule has 2 aromatic heterocycles. The second kappa shape index (κ2) is 6.99. The molecular weight excluding hydrogens is 379 g/mol. The van der Waals surface area contributed by atoms with Crippen molar-refractivity contribution >= 4 is 30.6 Å². The third-order valence-electron chi connectivity index (χ3n) is 3.82. The summed E-state index contributed by atoms with van der Waals surface area (Å²) in [6.07, 6.45) is 0.462. The minimum absolute atomic E-state index is 0.00300. The number of ether oxygens (including phenoxy) is 1. The first-order valence-corrected chi connectivity index (χ1v) is 9.31. The Kier molecular flexibility index (Phi) is 4.96. The Morgan fingerprint density at radius 1 is 1.42 bits per heavy atom. The zero-order valence-corrected chi connectivity index (χ0v) is 14.3. The van der Waals surface area contributed by atoms with Crippen LogP contribution in [0.1, 0.15) is 11.8 Å². The van der Waals surface area contributed by atoms with Gasteiger partial charge in [-0.1, -0.05) is 0 Å². The van der Waals surface area contributed by atoms with Gasteiger partial charge in [0.15, 0.2) is 0 Å². The van der Waals surface area contributed by atoms with Gasteiger partial charge in [-0.05, 0) is 0 Å². The Morgan fingerprint density at radius 2 is 2.21 bits per heavy atom. The predicted octanol–water partition coefficient (Wildman–Crippen LogP) is -1.15. The number of aliphatic hydroxyl groups is 3. The van der Waals surface area contributed by atoms with Gasteiger partial charge in [0, 0.05) is 0 Å². The van der Waals surface area contributed by atoms with Gasteiger partial charge in [-0.25, -0.2) is 0 Å². The van der Waals surface area contributed by atoms with Crippen molar-refractivity contribution in [2.24, 2.45) is 0 Å². The molecule has 9 heteroatoms. The Bertz CT molecular complexity index is 803. The number of aromatic nitrogens is 3. The van der Waals surface area contributed by atoms with Crippen molar-refractivity contribution in [3.05, 3.63) is 30.7 Å². The Morgan fingerprint density at radius 3 is 2.83 bits per heavy atom. The molecule has 3 N–H and O–H groups in total. The van der Waals surface area contributed by atoms with Gasteiger partial charge in [0.05, 0.1) is 0 Å². The van der Waals surface area contributed by atoms with Gasteiger partial charge < -0.3 is 0 Å². The number of allylic oxidation sites excluding steroid dienone is 1. The van der Waals surface area contributed by atoms with E-state index in [1.165, 1.54) is 17.1 Å². The average Bonchev–Trinajstić information content (AvgIpc) is 3.11. The minimum atomic E-state index is -1.23. The fraction of sp³-hybridized carbons (Fsp3) is 0.400. The van der Waals surface area contributed by atoms with Crippen LogP contribution in [0.2, 0.25) is 5.32 Å². The van der Waals surface area contributed by atoms with Crippen LogP contribution in [-0.4, -0.2) is 69.7 Å². The van der Waals surface area contributed by atoms with Crippen LogP contribution in [0.15, 0.2) is 25.2 Å². The summed E-state index contributed by atoms with van der Waals surface area (Å²) in [6, 6.07) is 2.12. The van der Waals surface area contributed by atoms with E-state index in [0.717, 1.165) is 9.91 Å². The van der Waals surface area contributed by atoms with Crippen molar-refractivity contribution in [3.8, 4) is 6.07 Å². The number of nitriles is 1. The van der Waals surface area contributed by atoms with E-state index in [0.29, 0.717) is 16.6 Å². The van der Waals surface area contributed by atoms with Crippen LogP contribution >= 0.6 is 0 Å². The molecule has 8 nitrogen and oxygen atoms in total. The molecule has 0 saturated carbocycles. The van der Waals surface area contributed by atoms with Crippen LogP contribution in [0.4, 0.5) is 0 Å². The first kappa shape index (κ1) is 17.0. The fourth-order valence-corrected chi connectivity index (χ4v) is 4.25. The van der Waals surface area contributed by atoms with Gasteiger partial charge in [-0.2, -0.15) is 0 Å². The second-order valence-corrected chi connectivity index (χ2v) is 7.38. The average molecular weight is 395 g/mol. The van der Waals surface area contributed by atoms with Crippen molar-refractivity contribution in [2.45, 2.75) is 29.9 Å². The summed E-state index contributed by atoms with van der Waals surface area (Å²) in [5.41, 5.74) is 0.835. The summed E-state index contributed by atoms with van der Waals surface area (Å²) in [6.45, 7) is 3.29. The van der Waals surface area contributed by atoms with Crippen LogP contribution in [-0.2, 0) is 4.74 Å². The second-order valence-electron chi connectivity index (χ2n) is 5.27. The van der Waals surface area contributed by atoms with E-state index in [2.05, 4.69) is 22.6 Å². The number of hydrogen-bond donors (Lipinski definition) is 3. The van der Waals surface area contributed by atoms with Crippen LogP contribution in [0.5, 0.6) is 0 Å². The fourth-order valence-electron chi connectivity index (χ4n) is 2.69. The Balaban J connectivity index is 2.10. The molecule has 0 bridgehead atoms. The third kappa shape index (κ3) is 2.74. The monoisotopic (exact) mass is 396 g/mol. The molecule has 2 aromatic rings. The normalized spacial score (nSPS) is 26.6. The standard InChI is InChI=1S/C15H16N4O4Se/c1-2-3-24-14-10-8(4-16)5-19(13(10)17-7-18-14)15-12(22)11(21)9(6-20)23-15/h2,5,7,9,11-12,15,20-22H,1,3,6H2/t9-,11-,12-,15-/m1/s1. The van der Waals surface area contributed by atoms with Gasteiger partial charge in [0.25, 0.3) is 0 Å². The molecule has 1 fully saturated rings. The summed E-state index contributed by atoms with van der Waals surface area (Å²) in [5.74, 6) is 0. The predicted molar refractivity (Wildman–Crippen MR) is 85.6 cm³/mol. The third-order valence-corrected chi connectivity index (χ3v) is 5.89. The number of nitrogens with zero attached hydrogens (tertiary/aromatic N) is 4. The van der Waals surface area contributed by atoms with Gasteiger partial charge in [-0.15, -0.1) is 0 Å². The summed E-state index contributed by atoms with van der Waals surface area (Å²) >= 11 is 0.00300. The van der Waals surface area contributed by atoms with Gasteiger partial charge in [-0.3, -0.25) is 0 Å². The molecule has 0 spiro atoms. The van der Waals surface area contributed by atoms with Crippen molar-refractivity contribution in [2.75, 3.05) is 6.61 Å². The molecule has 0 aliphatic carbocycles. The molecule has 3 heterocycles. The van der Waals surface area contributed by atoms with Gasteiger partial charge in [0.2, 0.25) is 0 Å². The molecular formula is C15H16N4O4Se. The first-order valence-electron chi connectivity index (χ1n) is 7.24. The van der Waals surface area contributed by atoms with Crippen LogP contribution in [0.25, 0.3) is 11.0 Å². The summed E-state index contributed by atoms with van der Waals surface area (Å²) < 4.78 is 7.83. The quantitative estimate of drug-likeness (QED) is 0.431. The molecule has 0 amide bonds. The van der Waals surface area contributed by atoms with Crippen LogP contribution in [0, 0.1) is 11.3 Å². The molecule has 1 saturated heterocycles. The Hall–Kier alpha value is -1.79. The number of fused-ring (bicyclic) bond motifs is 1. The van der Waals surface area contributed by atoms with Crippen LogP contribution < -0.4 is 4.59 Å².